The van der Waals surface area contributed by atoms with Gasteiger partial charge in [0.15, 0.2) is 5.78 Å². The average molecular weight is 440 g/mol. The molecule has 0 radical (unpaired) electrons. The van der Waals surface area contributed by atoms with Gasteiger partial charge in [0.1, 0.15) is 15.8 Å². The Hall–Kier alpha value is -1.90. The van der Waals surface area contributed by atoms with E-state index in [-0.39, 0.29) is 28.5 Å². The van der Waals surface area contributed by atoms with Crippen molar-refractivity contribution in [2.24, 2.45) is 13.0 Å². The van der Waals surface area contributed by atoms with Gasteiger partial charge in [0, 0.05) is 31.6 Å². The van der Waals surface area contributed by atoms with Crippen LogP contribution in [-0.2, 0) is 17.1 Å². The van der Waals surface area contributed by atoms with Gasteiger partial charge in [0.2, 0.25) is 10.0 Å². The number of hydrogen-bond acceptors (Lipinski definition) is 5. The quantitative estimate of drug-likeness (QED) is 0.644. The third-order valence-corrected chi connectivity index (χ3v) is 7.51. The van der Waals surface area contributed by atoms with Crippen molar-refractivity contribution >= 4 is 27.4 Å². The molecule has 0 bridgehead atoms. The molecule has 1 aromatic carbocycles. The molecule has 2 aromatic rings. The second-order valence-corrected chi connectivity index (χ2v) is 9.82. The molecule has 0 aliphatic carbocycles. The van der Waals surface area contributed by atoms with Crippen LogP contribution in [0, 0.1) is 12.8 Å². The van der Waals surface area contributed by atoms with E-state index in [0.717, 1.165) is 0 Å². The number of hydrogen-bond donors (Lipinski definition) is 0. The number of rotatable bonds is 6. The zero-order valence-electron chi connectivity index (χ0n) is 17.1. The number of benzene rings is 1. The van der Waals surface area contributed by atoms with Crippen LogP contribution < -0.4 is 4.74 Å². The van der Waals surface area contributed by atoms with E-state index >= 15 is 0 Å². The number of ether oxygens (including phenoxy) is 1. The minimum Gasteiger partial charge on any atom is -0.491 e. The first-order valence-electron chi connectivity index (χ1n) is 9.61. The molecule has 7 nitrogen and oxygen atoms in total. The maximum absolute atomic E-state index is 13.2. The van der Waals surface area contributed by atoms with Gasteiger partial charge >= 0.3 is 0 Å². The highest BCUT2D eigenvalue weighted by atomic mass is 35.5. The average Bonchev–Trinajstić information content (AvgIpc) is 2.93. The van der Waals surface area contributed by atoms with Gasteiger partial charge in [-0.1, -0.05) is 23.7 Å². The monoisotopic (exact) mass is 439 g/mol. The van der Waals surface area contributed by atoms with Crippen molar-refractivity contribution in [3.05, 3.63) is 40.7 Å². The molecule has 0 amide bonds. The van der Waals surface area contributed by atoms with E-state index in [2.05, 4.69) is 5.10 Å². The van der Waals surface area contributed by atoms with Gasteiger partial charge in [-0.2, -0.15) is 9.40 Å². The summed E-state index contributed by atoms with van der Waals surface area (Å²) in [5, 5.41) is 4.18. The van der Waals surface area contributed by atoms with Gasteiger partial charge in [0.05, 0.1) is 11.8 Å². The first-order valence-corrected chi connectivity index (χ1v) is 11.4. The molecular weight excluding hydrogens is 414 g/mol. The summed E-state index contributed by atoms with van der Waals surface area (Å²) in [4.78, 5) is 13.1. The van der Waals surface area contributed by atoms with Gasteiger partial charge in [0.25, 0.3) is 0 Å². The van der Waals surface area contributed by atoms with Crippen molar-refractivity contribution in [1.82, 2.24) is 14.1 Å². The lowest BCUT2D eigenvalue weighted by atomic mass is 9.91. The summed E-state index contributed by atoms with van der Waals surface area (Å²) in [7, 11) is -2.23. The molecule has 1 aliphatic rings. The number of piperidine rings is 1. The van der Waals surface area contributed by atoms with E-state index in [1.807, 2.05) is 19.9 Å². The maximum Gasteiger partial charge on any atom is 0.248 e. The summed E-state index contributed by atoms with van der Waals surface area (Å²) in [6.07, 6.45) is 1.25. The molecule has 1 atom stereocenters. The van der Waals surface area contributed by atoms with Crippen molar-refractivity contribution in [2.75, 3.05) is 13.1 Å². The van der Waals surface area contributed by atoms with Crippen LogP contribution in [0.1, 0.15) is 42.7 Å². The molecule has 1 saturated heterocycles. The predicted octanol–water partition coefficient (Wildman–Crippen LogP) is 3.45. The maximum atomic E-state index is 13.2. The van der Waals surface area contributed by atoms with Crippen LogP contribution in [0.4, 0.5) is 0 Å². The highest BCUT2D eigenvalue weighted by Crippen LogP contribution is 2.31. The Morgan fingerprint density at radius 2 is 2.07 bits per heavy atom. The van der Waals surface area contributed by atoms with Gasteiger partial charge in [-0.3, -0.25) is 9.48 Å². The van der Waals surface area contributed by atoms with E-state index in [1.54, 1.807) is 32.2 Å². The standard InChI is InChI=1S/C20H26ClN3O4S/c1-13(2)28-17-9-5-7-15(11-17)18(25)16-8-6-10-24(12-16)29(26,27)19-14(3)22-23(4)20(19)21/h5,7,9,11,13,16H,6,8,10,12H2,1-4H3. The molecule has 1 aromatic heterocycles. The Morgan fingerprint density at radius 3 is 2.69 bits per heavy atom. The van der Waals surface area contributed by atoms with E-state index in [4.69, 9.17) is 16.3 Å². The topological polar surface area (TPSA) is 81.5 Å². The Balaban J connectivity index is 1.83. The SMILES string of the molecule is Cc1nn(C)c(Cl)c1S(=O)(=O)N1CCCC(C(=O)c2cccc(OC(C)C)c2)C1. The largest absolute Gasteiger partial charge is 0.491 e. The van der Waals surface area contributed by atoms with Crippen LogP contribution in [-0.4, -0.2) is 47.5 Å². The normalized spacial score (nSPS) is 18.2. The molecule has 2 heterocycles. The fraction of sp³-hybridized carbons (Fsp3) is 0.500. The molecule has 1 aliphatic heterocycles. The van der Waals surface area contributed by atoms with Crippen LogP contribution >= 0.6 is 11.6 Å². The van der Waals surface area contributed by atoms with E-state index in [1.165, 1.54) is 8.99 Å². The van der Waals surface area contributed by atoms with Crippen LogP contribution in [0.3, 0.4) is 0 Å². The molecule has 158 valence electrons. The highest BCUT2D eigenvalue weighted by molar-refractivity contribution is 7.89. The third-order valence-electron chi connectivity index (χ3n) is 4.94. The summed E-state index contributed by atoms with van der Waals surface area (Å²) in [6.45, 7) is 5.94. The minimum atomic E-state index is -3.83. The Bertz CT molecular complexity index is 1020. The second kappa shape index (κ2) is 8.45. The predicted molar refractivity (Wildman–Crippen MR) is 111 cm³/mol. The fourth-order valence-corrected chi connectivity index (χ4v) is 5.87. The lowest BCUT2D eigenvalue weighted by Crippen LogP contribution is -2.42. The molecule has 0 saturated carbocycles. The molecule has 0 spiro atoms. The van der Waals surface area contributed by atoms with Crippen LogP contribution in [0.15, 0.2) is 29.2 Å². The molecule has 3 rings (SSSR count). The molecule has 1 unspecified atom stereocenters. The third kappa shape index (κ3) is 4.49. The number of nitrogens with zero attached hydrogens (tertiary/aromatic N) is 3. The summed E-state index contributed by atoms with van der Waals surface area (Å²) in [5.41, 5.74) is 0.882. The van der Waals surface area contributed by atoms with Gasteiger partial charge in [-0.05, 0) is 45.7 Å². The summed E-state index contributed by atoms with van der Waals surface area (Å²) in [5.74, 6) is 0.139. The lowest BCUT2D eigenvalue weighted by molar-refractivity contribution is 0.0871. The molecule has 0 N–H and O–H groups in total. The van der Waals surface area contributed by atoms with Crippen molar-refractivity contribution in [3.63, 3.8) is 0 Å². The Morgan fingerprint density at radius 1 is 1.34 bits per heavy atom. The molecule has 9 heteroatoms. The van der Waals surface area contributed by atoms with E-state index in [0.29, 0.717) is 36.4 Å². The summed E-state index contributed by atoms with van der Waals surface area (Å²) in [6, 6.07) is 7.05. The lowest BCUT2D eigenvalue weighted by Gasteiger charge is -2.31. The Labute approximate surface area is 176 Å². The number of sulfonamides is 1. The zero-order chi connectivity index (χ0) is 21.3. The number of halogens is 1. The van der Waals surface area contributed by atoms with Crippen molar-refractivity contribution in [2.45, 2.75) is 44.6 Å². The van der Waals surface area contributed by atoms with Gasteiger partial charge in [-0.25, -0.2) is 8.42 Å². The molecule has 1 fully saturated rings. The zero-order valence-corrected chi connectivity index (χ0v) is 18.6. The Kier molecular flexibility index (Phi) is 6.36. The number of Topliss-reactive ketones (excluding diaryl/α,β-unsaturated/α-hetero) is 1. The number of carbonyl (C=O) groups excluding carboxylic acids is 1. The second-order valence-electron chi connectivity index (χ2n) is 7.59. The van der Waals surface area contributed by atoms with Crippen LogP contribution in [0.5, 0.6) is 5.75 Å². The van der Waals surface area contributed by atoms with Crippen LogP contribution in [0.2, 0.25) is 5.15 Å². The van der Waals surface area contributed by atoms with Gasteiger partial charge < -0.3 is 4.74 Å². The van der Waals surface area contributed by atoms with Gasteiger partial charge in [-0.15, -0.1) is 0 Å². The highest BCUT2D eigenvalue weighted by Gasteiger charge is 2.37. The number of aromatic nitrogens is 2. The molecular formula is C20H26ClN3O4S. The number of carbonyl (C=O) groups is 1. The number of aryl methyl sites for hydroxylation is 2. The fourth-order valence-electron chi connectivity index (χ4n) is 3.64. The summed E-state index contributed by atoms with van der Waals surface area (Å²) < 4.78 is 34.7. The number of ketones is 1. The van der Waals surface area contributed by atoms with E-state index < -0.39 is 15.9 Å². The van der Waals surface area contributed by atoms with Crippen LogP contribution in [0.25, 0.3) is 0 Å². The minimum absolute atomic E-state index is 0.00290. The van der Waals surface area contributed by atoms with Crippen molar-refractivity contribution in [1.29, 1.82) is 0 Å². The first kappa shape index (κ1) is 21.8. The van der Waals surface area contributed by atoms with Crippen molar-refractivity contribution < 1.29 is 17.9 Å². The van der Waals surface area contributed by atoms with E-state index in [9.17, 15) is 13.2 Å². The molecule has 29 heavy (non-hydrogen) atoms. The summed E-state index contributed by atoms with van der Waals surface area (Å²) >= 11 is 6.19. The first-order chi connectivity index (χ1) is 13.6. The van der Waals surface area contributed by atoms with Crippen molar-refractivity contribution in [3.8, 4) is 5.75 Å². The smallest absolute Gasteiger partial charge is 0.248 e.